The van der Waals surface area contributed by atoms with Crippen LogP contribution in [0.5, 0.6) is 0 Å². The second-order valence-electron chi connectivity index (χ2n) is 4.92. The van der Waals surface area contributed by atoms with Crippen molar-refractivity contribution in [2.45, 2.75) is 23.8 Å². The molecule has 3 N–H and O–H groups in total. The molecule has 0 atom stereocenters. The number of benzene rings is 1. The summed E-state index contributed by atoms with van der Waals surface area (Å²) in [4.78, 5) is 10.8. The number of nitrogens with two attached hydrogens (primary N) is 1. The molecule has 0 bridgehead atoms. The second kappa shape index (κ2) is 6.00. The standard InChI is InChI=1S/C13H18N2O5S/c1-15(10-4-6-20-7-5-10)21(18,19)12-3-2-9(13(16)17)8-11(12)14/h2-3,8,10H,4-7,14H2,1H3,(H,16,17). The number of carboxylic acids is 1. The zero-order chi connectivity index (χ0) is 15.6. The molecule has 0 amide bonds. The van der Waals surface area contributed by atoms with Crippen LogP contribution >= 0.6 is 0 Å². The van der Waals surface area contributed by atoms with Crippen molar-refractivity contribution in [3.8, 4) is 0 Å². The molecule has 0 radical (unpaired) electrons. The van der Waals surface area contributed by atoms with Gasteiger partial charge in [0.05, 0.1) is 11.3 Å². The average Bonchev–Trinajstić information content (AvgIpc) is 2.46. The Morgan fingerprint density at radius 3 is 2.52 bits per heavy atom. The Morgan fingerprint density at radius 2 is 2.00 bits per heavy atom. The van der Waals surface area contributed by atoms with Crippen molar-refractivity contribution in [2.75, 3.05) is 26.0 Å². The Kier molecular flexibility index (Phi) is 4.50. The predicted molar refractivity (Wildman–Crippen MR) is 76.6 cm³/mol. The highest BCUT2D eigenvalue weighted by Gasteiger charge is 2.30. The highest BCUT2D eigenvalue weighted by atomic mass is 32.2. The Labute approximate surface area is 123 Å². The summed E-state index contributed by atoms with van der Waals surface area (Å²) in [7, 11) is -2.24. The number of hydrogen-bond donors (Lipinski definition) is 2. The quantitative estimate of drug-likeness (QED) is 0.794. The molecule has 2 rings (SSSR count). The van der Waals surface area contributed by atoms with E-state index < -0.39 is 16.0 Å². The van der Waals surface area contributed by atoms with E-state index in [-0.39, 0.29) is 22.2 Å². The van der Waals surface area contributed by atoms with Crippen molar-refractivity contribution in [3.63, 3.8) is 0 Å². The number of carbonyl (C=O) groups is 1. The Hall–Kier alpha value is -1.64. The molecule has 21 heavy (non-hydrogen) atoms. The molecule has 1 aromatic carbocycles. The van der Waals surface area contributed by atoms with Crippen LogP contribution in [-0.4, -0.2) is 50.1 Å². The first kappa shape index (κ1) is 15.7. The Bertz CT molecular complexity index is 638. The third kappa shape index (κ3) is 3.17. The molecule has 1 aliphatic rings. The monoisotopic (exact) mass is 314 g/mol. The molecule has 1 fully saturated rings. The Balaban J connectivity index is 2.32. The number of ether oxygens (including phenoxy) is 1. The molecule has 0 unspecified atom stereocenters. The van der Waals surface area contributed by atoms with Gasteiger partial charge in [-0.1, -0.05) is 0 Å². The van der Waals surface area contributed by atoms with E-state index in [9.17, 15) is 13.2 Å². The fourth-order valence-corrected chi connectivity index (χ4v) is 3.83. The van der Waals surface area contributed by atoms with E-state index >= 15 is 0 Å². The summed E-state index contributed by atoms with van der Waals surface area (Å²) in [5, 5.41) is 8.89. The maximum atomic E-state index is 12.6. The third-order valence-corrected chi connectivity index (χ3v) is 5.60. The van der Waals surface area contributed by atoms with Crippen LogP contribution in [0.15, 0.2) is 23.1 Å². The maximum absolute atomic E-state index is 12.6. The molecule has 1 aliphatic heterocycles. The highest BCUT2D eigenvalue weighted by molar-refractivity contribution is 7.89. The number of carboxylic acid groups (broad SMARTS) is 1. The predicted octanol–water partition coefficient (Wildman–Crippen LogP) is 0.766. The van der Waals surface area contributed by atoms with Crippen molar-refractivity contribution in [1.29, 1.82) is 0 Å². The first-order valence-corrected chi connectivity index (χ1v) is 7.96. The molecule has 1 aromatic rings. The molecule has 0 aromatic heterocycles. The van der Waals surface area contributed by atoms with Crippen LogP contribution in [0.3, 0.4) is 0 Å². The van der Waals surface area contributed by atoms with Crippen LogP contribution in [0.2, 0.25) is 0 Å². The number of nitrogens with zero attached hydrogens (tertiary/aromatic N) is 1. The van der Waals surface area contributed by atoms with Gasteiger partial charge in [-0.3, -0.25) is 0 Å². The lowest BCUT2D eigenvalue weighted by Crippen LogP contribution is -2.40. The van der Waals surface area contributed by atoms with Gasteiger partial charge in [-0.25, -0.2) is 13.2 Å². The maximum Gasteiger partial charge on any atom is 0.335 e. The molecule has 116 valence electrons. The summed E-state index contributed by atoms with van der Waals surface area (Å²) in [5.41, 5.74) is 5.62. The first-order chi connectivity index (χ1) is 9.84. The van der Waals surface area contributed by atoms with Gasteiger partial charge in [-0.2, -0.15) is 4.31 Å². The molecule has 8 heteroatoms. The minimum absolute atomic E-state index is 0.0415. The van der Waals surface area contributed by atoms with E-state index in [1.165, 1.54) is 23.5 Å². The van der Waals surface area contributed by atoms with Crippen LogP contribution in [0.4, 0.5) is 5.69 Å². The molecule has 7 nitrogen and oxygen atoms in total. The summed E-state index contributed by atoms with van der Waals surface area (Å²) in [6, 6.07) is 3.50. The molecular formula is C13H18N2O5S. The van der Waals surface area contributed by atoms with Crippen molar-refractivity contribution in [3.05, 3.63) is 23.8 Å². The normalized spacial score (nSPS) is 17.0. The second-order valence-corrected chi connectivity index (χ2v) is 6.89. The van der Waals surface area contributed by atoms with Crippen LogP contribution in [0, 0.1) is 0 Å². The van der Waals surface area contributed by atoms with Crippen molar-refractivity contribution in [2.24, 2.45) is 0 Å². The van der Waals surface area contributed by atoms with E-state index in [4.69, 9.17) is 15.6 Å². The number of anilines is 1. The fraction of sp³-hybridized carbons (Fsp3) is 0.462. The van der Waals surface area contributed by atoms with E-state index in [0.29, 0.717) is 26.1 Å². The van der Waals surface area contributed by atoms with Crippen molar-refractivity contribution < 1.29 is 23.1 Å². The van der Waals surface area contributed by atoms with Crippen LogP contribution in [0.25, 0.3) is 0 Å². The number of hydrogen-bond acceptors (Lipinski definition) is 5. The minimum Gasteiger partial charge on any atom is -0.478 e. The lowest BCUT2D eigenvalue weighted by Gasteiger charge is -2.30. The van der Waals surface area contributed by atoms with Crippen LogP contribution in [-0.2, 0) is 14.8 Å². The number of nitrogen functional groups attached to an aromatic ring is 1. The average molecular weight is 314 g/mol. The molecule has 1 saturated heterocycles. The van der Waals surface area contributed by atoms with Gasteiger partial charge in [-0.05, 0) is 31.0 Å². The van der Waals surface area contributed by atoms with Gasteiger partial charge in [0.2, 0.25) is 10.0 Å². The lowest BCUT2D eigenvalue weighted by molar-refractivity contribution is 0.0631. The zero-order valence-corrected chi connectivity index (χ0v) is 12.5. The Morgan fingerprint density at radius 1 is 1.38 bits per heavy atom. The van der Waals surface area contributed by atoms with Crippen molar-refractivity contribution >= 4 is 21.7 Å². The molecule has 0 saturated carbocycles. The van der Waals surface area contributed by atoms with Crippen LogP contribution < -0.4 is 5.73 Å². The van der Waals surface area contributed by atoms with E-state index in [1.54, 1.807) is 0 Å². The summed E-state index contributed by atoms with van der Waals surface area (Å²) >= 11 is 0. The number of sulfonamides is 1. The molecular weight excluding hydrogens is 296 g/mol. The SMILES string of the molecule is CN(C1CCOCC1)S(=O)(=O)c1ccc(C(=O)O)cc1N. The molecule has 1 heterocycles. The molecule has 0 aliphatic carbocycles. The third-order valence-electron chi connectivity index (χ3n) is 3.62. The van der Waals surface area contributed by atoms with E-state index in [2.05, 4.69) is 0 Å². The summed E-state index contributed by atoms with van der Waals surface area (Å²) in [6.07, 6.45) is 1.26. The van der Waals surface area contributed by atoms with Gasteiger partial charge in [0.25, 0.3) is 0 Å². The van der Waals surface area contributed by atoms with Gasteiger partial charge >= 0.3 is 5.97 Å². The zero-order valence-electron chi connectivity index (χ0n) is 11.7. The van der Waals surface area contributed by atoms with E-state index in [1.807, 2.05) is 0 Å². The van der Waals surface area contributed by atoms with Gasteiger partial charge in [-0.15, -0.1) is 0 Å². The summed E-state index contributed by atoms with van der Waals surface area (Å²) in [6.45, 7) is 1.05. The minimum atomic E-state index is -3.75. The van der Waals surface area contributed by atoms with E-state index in [0.717, 1.165) is 6.07 Å². The van der Waals surface area contributed by atoms with Gasteiger partial charge in [0, 0.05) is 26.3 Å². The van der Waals surface area contributed by atoms with Gasteiger partial charge in [0.1, 0.15) is 4.90 Å². The van der Waals surface area contributed by atoms with Crippen molar-refractivity contribution in [1.82, 2.24) is 4.31 Å². The summed E-state index contributed by atoms with van der Waals surface area (Å²) < 4.78 is 31.7. The largest absolute Gasteiger partial charge is 0.478 e. The topological polar surface area (TPSA) is 110 Å². The molecule has 0 spiro atoms. The number of aromatic carboxylic acids is 1. The lowest BCUT2D eigenvalue weighted by atomic mass is 10.1. The van der Waals surface area contributed by atoms with Gasteiger partial charge in [0.15, 0.2) is 0 Å². The van der Waals surface area contributed by atoms with Gasteiger partial charge < -0.3 is 15.6 Å². The number of rotatable bonds is 4. The first-order valence-electron chi connectivity index (χ1n) is 6.52. The van der Waals surface area contributed by atoms with Crippen LogP contribution in [0.1, 0.15) is 23.2 Å². The summed E-state index contributed by atoms with van der Waals surface area (Å²) in [5.74, 6) is -1.15. The fourth-order valence-electron chi connectivity index (χ4n) is 2.32. The smallest absolute Gasteiger partial charge is 0.335 e. The highest BCUT2D eigenvalue weighted by Crippen LogP contribution is 2.26.